The third-order valence-corrected chi connectivity index (χ3v) is 2.79. The predicted molar refractivity (Wildman–Crippen MR) is 63.6 cm³/mol. The number of alkyl halides is 3. The van der Waals surface area contributed by atoms with Crippen LogP contribution in [0.4, 0.5) is 13.2 Å². The number of rotatable bonds is 2. The Bertz CT molecular complexity index is 616. The highest BCUT2D eigenvalue weighted by atomic mass is 19.4. The average molecular weight is 271 g/mol. The number of aromatic amines is 1. The maximum Gasteiger partial charge on any atom is 0.429 e. The number of carbonyl (C=O) groups is 1. The summed E-state index contributed by atoms with van der Waals surface area (Å²) in [5.41, 5.74) is 0.875. The lowest BCUT2D eigenvalue weighted by Gasteiger charge is -2.20. The van der Waals surface area contributed by atoms with Crippen molar-refractivity contribution >= 4 is 16.9 Å². The number of aromatic nitrogens is 1. The first-order valence-corrected chi connectivity index (χ1v) is 5.62. The minimum Gasteiger partial charge on any atom is -0.448 e. The van der Waals surface area contributed by atoms with E-state index in [2.05, 4.69) is 9.72 Å². The van der Waals surface area contributed by atoms with Gasteiger partial charge in [0.15, 0.2) is 0 Å². The van der Waals surface area contributed by atoms with E-state index in [1.165, 1.54) is 6.92 Å². The summed E-state index contributed by atoms with van der Waals surface area (Å²) in [5.74, 6) is -0.966. The van der Waals surface area contributed by atoms with Gasteiger partial charge in [0, 0.05) is 29.1 Å². The Kier molecular flexibility index (Phi) is 3.26. The van der Waals surface area contributed by atoms with E-state index < -0.39 is 18.2 Å². The summed E-state index contributed by atoms with van der Waals surface area (Å²) in [4.78, 5) is 13.8. The molecule has 0 fully saturated rings. The summed E-state index contributed by atoms with van der Waals surface area (Å²) in [6, 6.07) is 6.60. The summed E-state index contributed by atoms with van der Waals surface area (Å²) in [7, 11) is 0. The van der Waals surface area contributed by atoms with Crippen LogP contribution in [0.1, 0.15) is 24.3 Å². The number of fused-ring (bicyclic) bond motifs is 1. The molecule has 102 valence electrons. The van der Waals surface area contributed by atoms with Crippen molar-refractivity contribution in [3.8, 4) is 0 Å². The number of H-pyrrole nitrogens is 1. The molecular formula is C13H12F3NO2. The molecule has 0 aliphatic carbocycles. The molecule has 0 aliphatic heterocycles. The number of halogens is 3. The number of ether oxygens (including phenoxy) is 1. The van der Waals surface area contributed by atoms with Crippen molar-refractivity contribution in [2.24, 2.45) is 0 Å². The number of hydrogen-bond donors (Lipinski definition) is 1. The summed E-state index contributed by atoms with van der Waals surface area (Å²) >= 11 is 0. The molecule has 1 heterocycles. The fourth-order valence-electron chi connectivity index (χ4n) is 2.09. The topological polar surface area (TPSA) is 42.1 Å². The van der Waals surface area contributed by atoms with Crippen molar-refractivity contribution in [3.05, 3.63) is 35.5 Å². The van der Waals surface area contributed by atoms with E-state index in [0.29, 0.717) is 16.6 Å². The lowest BCUT2D eigenvalue weighted by Crippen LogP contribution is -2.25. The second-order valence-electron chi connectivity index (χ2n) is 4.24. The molecule has 0 saturated heterocycles. The molecule has 19 heavy (non-hydrogen) atoms. The number of para-hydroxylation sites is 1. The van der Waals surface area contributed by atoms with Crippen LogP contribution < -0.4 is 0 Å². The van der Waals surface area contributed by atoms with Crippen molar-refractivity contribution in [3.63, 3.8) is 0 Å². The highest BCUT2D eigenvalue weighted by Gasteiger charge is 2.45. The van der Waals surface area contributed by atoms with Crippen LogP contribution in [0.25, 0.3) is 10.9 Å². The maximum absolute atomic E-state index is 13.1. The van der Waals surface area contributed by atoms with E-state index in [0.717, 1.165) is 6.92 Å². The van der Waals surface area contributed by atoms with Crippen LogP contribution in [-0.4, -0.2) is 17.1 Å². The van der Waals surface area contributed by atoms with Crippen LogP contribution in [-0.2, 0) is 9.53 Å². The summed E-state index contributed by atoms with van der Waals surface area (Å²) in [6.07, 6.45) is -6.90. The monoisotopic (exact) mass is 271 g/mol. The van der Waals surface area contributed by atoms with Gasteiger partial charge in [0.2, 0.25) is 6.10 Å². The van der Waals surface area contributed by atoms with Gasteiger partial charge in [0.1, 0.15) is 0 Å². The van der Waals surface area contributed by atoms with E-state index in [1.54, 1.807) is 24.3 Å². The zero-order valence-corrected chi connectivity index (χ0v) is 10.3. The van der Waals surface area contributed by atoms with Gasteiger partial charge in [0.05, 0.1) is 0 Å². The van der Waals surface area contributed by atoms with Gasteiger partial charge in [-0.05, 0) is 13.0 Å². The van der Waals surface area contributed by atoms with Gasteiger partial charge in [-0.3, -0.25) is 4.79 Å². The third-order valence-electron chi connectivity index (χ3n) is 2.79. The molecule has 0 aliphatic rings. The smallest absolute Gasteiger partial charge is 0.429 e. The SMILES string of the molecule is CC(=O)O[C@@H](c1c(C)[nH]c2ccccc12)C(F)(F)F. The molecule has 1 aromatic heterocycles. The fraction of sp³-hybridized carbons (Fsp3) is 0.308. The Morgan fingerprint density at radius 1 is 1.32 bits per heavy atom. The second kappa shape index (κ2) is 4.60. The summed E-state index contributed by atoms with van der Waals surface area (Å²) < 4.78 is 43.6. The molecule has 3 nitrogen and oxygen atoms in total. The normalized spacial score (nSPS) is 13.5. The molecule has 0 unspecified atom stereocenters. The first-order chi connectivity index (χ1) is 8.80. The first kappa shape index (κ1) is 13.5. The number of carbonyl (C=O) groups excluding carboxylic acids is 1. The quantitative estimate of drug-likeness (QED) is 0.847. The highest BCUT2D eigenvalue weighted by Crippen LogP contribution is 2.40. The number of hydrogen-bond acceptors (Lipinski definition) is 2. The number of esters is 1. The molecule has 0 amide bonds. The molecule has 1 atom stereocenters. The maximum atomic E-state index is 13.1. The Hall–Kier alpha value is -1.98. The Morgan fingerprint density at radius 2 is 1.95 bits per heavy atom. The first-order valence-electron chi connectivity index (χ1n) is 5.62. The molecule has 1 N–H and O–H groups in total. The highest BCUT2D eigenvalue weighted by molar-refractivity contribution is 5.85. The van der Waals surface area contributed by atoms with Crippen molar-refractivity contribution in [2.75, 3.05) is 0 Å². The molecule has 2 aromatic rings. The minimum absolute atomic E-state index is 0.0432. The molecule has 0 bridgehead atoms. The van der Waals surface area contributed by atoms with Gasteiger partial charge >= 0.3 is 12.1 Å². The van der Waals surface area contributed by atoms with Gasteiger partial charge in [-0.25, -0.2) is 0 Å². The van der Waals surface area contributed by atoms with Crippen LogP contribution in [0, 0.1) is 6.92 Å². The van der Waals surface area contributed by atoms with Gasteiger partial charge < -0.3 is 9.72 Å². The number of aryl methyl sites for hydroxylation is 1. The van der Waals surface area contributed by atoms with Crippen molar-refractivity contribution in [1.29, 1.82) is 0 Å². The average Bonchev–Trinajstić information content (AvgIpc) is 2.60. The lowest BCUT2D eigenvalue weighted by atomic mass is 10.0. The number of nitrogens with one attached hydrogen (secondary N) is 1. The van der Waals surface area contributed by atoms with Crippen molar-refractivity contribution < 1.29 is 22.7 Å². The molecular weight excluding hydrogens is 259 g/mol. The minimum atomic E-state index is -4.65. The van der Waals surface area contributed by atoms with Crippen molar-refractivity contribution in [2.45, 2.75) is 26.1 Å². The zero-order chi connectivity index (χ0) is 14.2. The van der Waals surface area contributed by atoms with E-state index in [4.69, 9.17) is 0 Å². The van der Waals surface area contributed by atoms with Gasteiger partial charge in [-0.15, -0.1) is 0 Å². The van der Waals surface area contributed by atoms with E-state index >= 15 is 0 Å². The number of benzene rings is 1. The largest absolute Gasteiger partial charge is 0.448 e. The van der Waals surface area contributed by atoms with Crippen LogP contribution in [0.15, 0.2) is 24.3 Å². The predicted octanol–water partition coefficient (Wildman–Crippen LogP) is 3.64. The Labute approximate surface area is 107 Å². The lowest BCUT2D eigenvalue weighted by molar-refractivity contribution is -0.222. The standard InChI is InChI=1S/C13H12F3NO2/c1-7-11(9-5-3-4-6-10(9)17-7)12(13(14,15)16)19-8(2)18/h3-6,12,17H,1-2H3/t12-/m0/s1. The fourth-order valence-corrected chi connectivity index (χ4v) is 2.09. The van der Waals surface area contributed by atoms with E-state index in [-0.39, 0.29) is 5.56 Å². The third kappa shape index (κ3) is 2.57. The van der Waals surface area contributed by atoms with Crippen molar-refractivity contribution in [1.82, 2.24) is 4.98 Å². The molecule has 2 rings (SSSR count). The van der Waals surface area contributed by atoms with Crippen LogP contribution in [0.3, 0.4) is 0 Å². The van der Waals surface area contributed by atoms with Gasteiger partial charge in [-0.1, -0.05) is 18.2 Å². The summed E-state index contributed by atoms with van der Waals surface area (Å²) in [5, 5.41) is 0.406. The van der Waals surface area contributed by atoms with Crippen LogP contribution in [0.5, 0.6) is 0 Å². The Morgan fingerprint density at radius 3 is 2.53 bits per heavy atom. The Balaban J connectivity index is 2.62. The van der Waals surface area contributed by atoms with Crippen LogP contribution in [0.2, 0.25) is 0 Å². The molecule has 0 radical (unpaired) electrons. The molecule has 0 saturated carbocycles. The molecule has 0 spiro atoms. The second-order valence-corrected chi connectivity index (χ2v) is 4.24. The molecule has 1 aromatic carbocycles. The van der Waals surface area contributed by atoms with Gasteiger partial charge in [0.25, 0.3) is 0 Å². The van der Waals surface area contributed by atoms with Gasteiger partial charge in [-0.2, -0.15) is 13.2 Å². The van der Waals surface area contributed by atoms with E-state index in [9.17, 15) is 18.0 Å². The summed E-state index contributed by atoms with van der Waals surface area (Å²) in [6.45, 7) is 2.49. The zero-order valence-electron chi connectivity index (χ0n) is 10.3. The molecule has 6 heteroatoms. The van der Waals surface area contributed by atoms with E-state index in [1.807, 2.05) is 0 Å². The van der Waals surface area contributed by atoms with Crippen LogP contribution >= 0.6 is 0 Å².